The van der Waals surface area contributed by atoms with E-state index in [0.29, 0.717) is 17.8 Å². The van der Waals surface area contributed by atoms with E-state index in [1.165, 1.54) is 12.8 Å². The van der Waals surface area contributed by atoms with Gasteiger partial charge >= 0.3 is 0 Å². The van der Waals surface area contributed by atoms with Gasteiger partial charge in [0.25, 0.3) is 0 Å². The van der Waals surface area contributed by atoms with Crippen molar-refractivity contribution in [2.45, 2.75) is 19.3 Å². The van der Waals surface area contributed by atoms with E-state index in [0.717, 1.165) is 13.0 Å². The third kappa shape index (κ3) is 2.25. The number of nitrogens with one attached hydrogen (secondary N) is 2. The van der Waals surface area contributed by atoms with Gasteiger partial charge < -0.3 is 11.1 Å². The number of nitrogens with zero attached hydrogens (tertiary/aromatic N) is 2. The number of nitrogen functional groups attached to an aromatic ring is 1. The summed E-state index contributed by atoms with van der Waals surface area (Å²) in [6.07, 6.45) is 8.04. The second-order valence-electron chi connectivity index (χ2n) is 3.58. The fourth-order valence-electron chi connectivity index (χ4n) is 1.63. The van der Waals surface area contributed by atoms with Crippen LogP contribution in [0.15, 0.2) is 12.2 Å². The Labute approximate surface area is 82.8 Å². The van der Waals surface area contributed by atoms with Crippen LogP contribution in [0.5, 0.6) is 0 Å². The second-order valence-corrected chi connectivity index (χ2v) is 3.58. The summed E-state index contributed by atoms with van der Waals surface area (Å²) < 4.78 is 0. The molecule has 0 aromatic carbocycles. The van der Waals surface area contributed by atoms with Crippen LogP contribution in [0.3, 0.4) is 0 Å². The lowest BCUT2D eigenvalue weighted by Crippen LogP contribution is -2.15. The fraction of sp³-hybridized carbons (Fsp3) is 0.556. The third-order valence-corrected chi connectivity index (χ3v) is 2.43. The number of anilines is 2. The highest BCUT2D eigenvalue weighted by Crippen LogP contribution is 2.18. The first-order valence-electron chi connectivity index (χ1n) is 4.91. The van der Waals surface area contributed by atoms with E-state index in [4.69, 9.17) is 5.73 Å². The van der Waals surface area contributed by atoms with Gasteiger partial charge in [0, 0.05) is 6.54 Å². The van der Waals surface area contributed by atoms with Crippen LogP contribution < -0.4 is 11.1 Å². The smallest absolute Gasteiger partial charge is 0.243 e. The van der Waals surface area contributed by atoms with Gasteiger partial charge in [-0.15, -0.1) is 5.10 Å². The molecular weight excluding hydrogens is 178 g/mol. The lowest BCUT2D eigenvalue weighted by molar-refractivity contribution is 0.503. The van der Waals surface area contributed by atoms with Crippen molar-refractivity contribution in [1.82, 2.24) is 15.2 Å². The Bertz CT molecular complexity index is 317. The van der Waals surface area contributed by atoms with Crippen molar-refractivity contribution in [3.8, 4) is 0 Å². The van der Waals surface area contributed by atoms with Gasteiger partial charge in [0.1, 0.15) is 0 Å². The maximum atomic E-state index is 5.41. The summed E-state index contributed by atoms with van der Waals surface area (Å²) in [4.78, 5) is 3.98. The standard InChI is InChI=1S/C9H15N5/c10-8-12-9(14-13-8)11-6-7-4-2-1-3-5-7/h1-2,7H,3-6H2,(H4,10,11,12,13,14). The van der Waals surface area contributed by atoms with Crippen LogP contribution in [0.4, 0.5) is 11.9 Å². The van der Waals surface area contributed by atoms with Gasteiger partial charge in [0.15, 0.2) is 0 Å². The van der Waals surface area contributed by atoms with E-state index < -0.39 is 0 Å². The highest BCUT2D eigenvalue weighted by Gasteiger charge is 2.10. The summed E-state index contributed by atoms with van der Waals surface area (Å²) in [6, 6.07) is 0. The number of H-pyrrole nitrogens is 1. The molecule has 1 aliphatic carbocycles. The summed E-state index contributed by atoms with van der Waals surface area (Å²) >= 11 is 0. The van der Waals surface area contributed by atoms with Crippen LogP contribution in [-0.4, -0.2) is 21.7 Å². The Morgan fingerprint density at radius 2 is 2.50 bits per heavy atom. The van der Waals surface area contributed by atoms with Crippen LogP contribution in [0.2, 0.25) is 0 Å². The molecule has 1 aromatic heterocycles. The molecule has 0 saturated carbocycles. The monoisotopic (exact) mass is 193 g/mol. The molecule has 0 aliphatic heterocycles. The Morgan fingerprint density at radius 1 is 1.57 bits per heavy atom. The lowest BCUT2D eigenvalue weighted by atomic mass is 9.94. The summed E-state index contributed by atoms with van der Waals surface area (Å²) in [6.45, 7) is 0.918. The van der Waals surface area contributed by atoms with Gasteiger partial charge in [-0.2, -0.15) is 4.98 Å². The zero-order valence-corrected chi connectivity index (χ0v) is 8.03. The van der Waals surface area contributed by atoms with Gasteiger partial charge in [0.05, 0.1) is 0 Å². The molecule has 1 aromatic rings. The summed E-state index contributed by atoms with van der Waals surface area (Å²) in [5.41, 5.74) is 5.41. The zero-order valence-electron chi connectivity index (χ0n) is 8.03. The molecular formula is C9H15N5. The van der Waals surface area contributed by atoms with Crippen LogP contribution in [-0.2, 0) is 0 Å². The number of nitrogens with two attached hydrogens (primary N) is 1. The molecule has 76 valence electrons. The number of aromatic amines is 1. The van der Waals surface area contributed by atoms with Crippen molar-refractivity contribution in [1.29, 1.82) is 0 Å². The van der Waals surface area contributed by atoms with E-state index in [1.807, 2.05) is 0 Å². The first kappa shape index (κ1) is 9.05. The number of allylic oxidation sites excluding steroid dienone is 2. The quantitative estimate of drug-likeness (QED) is 0.629. The summed E-state index contributed by atoms with van der Waals surface area (Å²) in [5.74, 6) is 1.65. The summed E-state index contributed by atoms with van der Waals surface area (Å²) in [7, 11) is 0. The third-order valence-electron chi connectivity index (χ3n) is 2.43. The molecule has 1 heterocycles. The van der Waals surface area contributed by atoms with E-state index >= 15 is 0 Å². The molecule has 0 amide bonds. The van der Waals surface area contributed by atoms with Crippen molar-refractivity contribution in [2.24, 2.45) is 5.92 Å². The Balaban J connectivity index is 1.79. The molecule has 1 aliphatic rings. The van der Waals surface area contributed by atoms with Crippen molar-refractivity contribution in [3.63, 3.8) is 0 Å². The van der Waals surface area contributed by atoms with Gasteiger partial charge in [-0.1, -0.05) is 12.2 Å². The minimum Gasteiger partial charge on any atom is -0.368 e. The largest absolute Gasteiger partial charge is 0.368 e. The van der Waals surface area contributed by atoms with Crippen LogP contribution >= 0.6 is 0 Å². The number of aromatic nitrogens is 3. The Morgan fingerprint density at radius 3 is 3.14 bits per heavy atom. The van der Waals surface area contributed by atoms with Crippen molar-refractivity contribution in [2.75, 3.05) is 17.6 Å². The van der Waals surface area contributed by atoms with Crippen molar-refractivity contribution >= 4 is 11.9 Å². The first-order chi connectivity index (χ1) is 6.84. The van der Waals surface area contributed by atoms with Crippen molar-refractivity contribution < 1.29 is 0 Å². The maximum absolute atomic E-state index is 5.41. The second kappa shape index (κ2) is 4.13. The summed E-state index contributed by atoms with van der Waals surface area (Å²) in [5, 5.41) is 9.67. The molecule has 0 saturated heterocycles. The molecule has 14 heavy (non-hydrogen) atoms. The molecule has 2 rings (SSSR count). The van der Waals surface area contributed by atoms with Gasteiger partial charge in [0.2, 0.25) is 11.9 Å². The first-order valence-corrected chi connectivity index (χ1v) is 4.91. The van der Waals surface area contributed by atoms with E-state index in [2.05, 4.69) is 32.7 Å². The molecule has 1 atom stereocenters. The highest BCUT2D eigenvalue weighted by molar-refractivity contribution is 5.29. The predicted molar refractivity (Wildman–Crippen MR) is 55.8 cm³/mol. The Kier molecular flexibility index (Phi) is 2.67. The number of hydrogen-bond donors (Lipinski definition) is 3. The Hall–Kier alpha value is -1.52. The van der Waals surface area contributed by atoms with Crippen molar-refractivity contribution in [3.05, 3.63) is 12.2 Å². The highest BCUT2D eigenvalue weighted by atomic mass is 15.3. The fourth-order valence-corrected chi connectivity index (χ4v) is 1.63. The van der Waals surface area contributed by atoms with E-state index in [-0.39, 0.29) is 0 Å². The molecule has 4 N–H and O–H groups in total. The molecule has 0 fully saturated rings. The average molecular weight is 193 g/mol. The number of hydrogen-bond acceptors (Lipinski definition) is 4. The van der Waals surface area contributed by atoms with Crippen LogP contribution in [0.25, 0.3) is 0 Å². The van der Waals surface area contributed by atoms with Crippen LogP contribution in [0, 0.1) is 5.92 Å². The van der Waals surface area contributed by atoms with E-state index in [1.54, 1.807) is 0 Å². The predicted octanol–water partition coefficient (Wildman–Crippen LogP) is 1.16. The molecule has 0 spiro atoms. The molecule has 1 unspecified atom stereocenters. The normalized spacial score (nSPS) is 21.0. The topological polar surface area (TPSA) is 79.6 Å². The van der Waals surface area contributed by atoms with Gasteiger partial charge in [-0.3, -0.25) is 0 Å². The molecule has 0 radical (unpaired) electrons. The molecule has 5 heteroatoms. The number of rotatable bonds is 3. The molecule has 5 nitrogen and oxygen atoms in total. The average Bonchev–Trinajstić information content (AvgIpc) is 2.63. The maximum Gasteiger partial charge on any atom is 0.243 e. The molecule has 0 bridgehead atoms. The zero-order chi connectivity index (χ0) is 9.80. The van der Waals surface area contributed by atoms with E-state index in [9.17, 15) is 0 Å². The minimum atomic E-state index is 0.357. The van der Waals surface area contributed by atoms with Gasteiger partial charge in [-0.05, 0) is 25.2 Å². The minimum absolute atomic E-state index is 0.357. The van der Waals surface area contributed by atoms with Crippen LogP contribution in [0.1, 0.15) is 19.3 Å². The van der Waals surface area contributed by atoms with Gasteiger partial charge in [-0.25, -0.2) is 5.10 Å². The lowest BCUT2D eigenvalue weighted by Gasteiger charge is -2.17. The SMILES string of the molecule is Nc1nc(NCC2CC=CCC2)n[nH]1.